The molecule has 0 unspecified atom stereocenters. The molecule has 0 aromatic heterocycles. The van der Waals surface area contributed by atoms with Gasteiger partial charge in [0.2, 0.25) is 0 Å². The van der Waals surface area contributed by atoms with Crippen LogP contribution in [-0.4, -0.2) is 17.7 Å². The minimum Gasteiger partial charge on any atom is -0.434 e. The van der Waals surface area contributed by atoms with Gasteiger partial charge >= 0.3 is 6.16 Å². The third kappa shape index (κ3) is 3.88. The quantitative estimate of drug-likeness (QED) is 0.274. The fourth-order valence-corrected chi connectivity index (χ4v) is 3.37. The van der Waals surface area contributed by atoms with Crippen LogP contribution in [0.25, 0.3) is 0 Å². The lowest BCUT2D eigenvalue weighted by Gasteiger charge is -2.05. The number of non-ortho nitro benzene ring substituents is 1. The first-order chi connectivity index (χ1) is 11.1. The van der Waals surface area contributed by atoms with Gasteiger partial charge in [-0.1, -0.05) is 12.2 Å². The molecule has 0 radical (unpaired) electrons. The molecular weight excluding hydrogens is 298 g/mol. The van der Waals surface area contributed by atoms with Crippen LogP contribution >= 0.6 is 0 Å². The lowest BCUT2D eigenvalue weighted by atomic mass is 10.1. The van der Waals surface area contributed by atoms with Crippen molar-refractivity contribution in [3.8, 4) is 5.75 Å². The molecule has 1 fully saturated rings. The average Bonchev–Trinajstić information content (AvgIpc) is 3.15. The summed E-state index contributed by atoms with van der Waals surface area (Å²) in [6.45, 7) is 0.390. The van der Waals surface area contributed by atoms with Crippen LogP contribution < -0.4 is 4.74 Å². The van der Waals surface area contributed by atoms with Gasteiger partial charge in [-0.25, -0.2) is 4.79 Å². The van der Waals surface area contributed by atoms with E-state index in [2.05, 4.69) is 12.2 Å². The van der Waals surface area contributed by atoms with Crippen molar-refractivity contribution in [3.63, 3.8) is 0 Å². The number of benzene rings is 1. The standard InChI is InChI=1S/C17H19NO5/c19-17(23-13-9-7-12(8-10-13)18(20)21)22-11-16-14-5-3-1-2-4-6-15(14)16/h1-2,7-10,14-16H,3-6,11H2/b2-1+/t14-,15+,16+. The summed E-state index contributed by atoms with van der Waals surface area (Å²) in [5.74, 6) is 2.00. The van der Waals surface area contributed by atoms with Gasteiger partial charge in [-0.2, -0.15) is 0 Å². The van der Waals surface area contributed by atoms with Crippen molar-refractivity contribution < 1.29 is 19.2 Å². The Morgan fingerprint density at radius 1 is 1.13 bits per heavy atom. The van der Waals surface area contributed by atoms with E-state index in [1.807, 2.05) is 0 Å². The smallest absolute Gasteiger partial charge is 0.434 e. The van der Waals surface area contributed by atoms with Gasteiger partial charge in [-0.3, -0.25) is 10.1 Å². The van der Waals surface area contributed by atoms with E-state index in [1.54, 1.807) is 0 Å². The fourth-order valence-electron chi connectivity index (χ4n) is 3.37. The van der Waals surface area contributed by atoms with Gasteiger partial charge in [0.15, 0.2) is 0 Å². The van der Waals surface area contributed by atoms with E-state index in [4.69, 9.17) is 9.47 Å². The molecule has 0 N–H and O–H groups in total. The number of fused-ring (bicyclic) bond motifs is 1. The predicted octanol–water partition coefficient (Wildman–Crippen LogP) is 4.10. The van der Waals surface area contributed by atoms with Crippen molar-refractivity contribution in [1.82, 2.24) is 0 Å². The van der Waals surface area contributed by atoms with Gasteiger partial charge < -0.3 is 9.47 Å². The molecular formula is C17H19NO5. The Labute approximate surface area is 134 Å². The van der Waals surface area contributed by atoms with Crippen LogP contribution in [-0.2, 0) is 4.74 Å². The highest BCUT2D eigenvalue weighted by molar-refractivity contribution is 5.64. The first-order valence-electron chi connectivity index (χ1n) is 7.89. The van der Waals surface area contributed by atoms with Crippen molar-refractivity contribution in [1.29, 1.82) is 0 Å². The maximum absolute atomic E-state index is 11.7. The molecule has 1 saturated carbocycles. The highest BCUT2D eigenvalue weighted by Gasteiger charge is 2.49. The van der Waals surface area contributed by atoms with Crippen LogP contribution in [0.4, 0.5) is 10.5 Å². The summed E-state index contributed by atoms with van der Waals surface area (Å²) < 4.78 is 10.2. The van der Waals surface area contributed by atoms with E-state index in [0.29, 0.717) is 24.4 Å². The fraction of sp³-hybridized carbons (Fsp3) is 0.471. The molecule has 3 atom stereocenters. The van der Waals surface area contributed by atoms with Gasteiger partial charge in [0, 0.05) is 12.1 Å². The molecule has 1 aromatic carbocycles. The summed E-state index contributed by atoms with van der Waals surface area (Å²) in [6, 6.07) is 5.35. The Morgan fingerprint density at radius 2 is 1.74 bits per heavy atom. The monoisotopic (exact) mass is 317 g/mol. The number of rotatable bonds is 4. The first kappa shape index (κ1) is 15.5. The first-order valence-corrected chi connectivity index (χ1v) is 7.89. The molecule has 0 bridgehead atoms. The Balaban J connectivity index is 1.44. The summed E-state index contributed by atoms with van der Waals surface area (Å²) in [5.41, 5.74) is -0.0477. The minimum atomic E-state index is -0.753. The number of nitro groups is 1. The van der Waals surface area contributed by atoms with E-state index in [0.717, 1.165) is 25.7 Å². The van der Waals surface area contributed by atoms with Crippen LogP contribution in [0, 0.1) is 27.9 Å². The van der Waals surface area contributed by atoms with Crippen molar-refractivity contribution in [2.45, 2.75) is 25.7 Å². The normalized spacial score (nSPS) is 27.0. The number of hydrogen-bond acceptors (Lipinski definition) is 5. The molecule has 0 amide bonds. The van der Waals surface area contributed by atoms with E-state index in [-0.39, 0.29) is 11.4 Å². The molecule has 2 aliphatic rings. The van der Waals surface area contributed by atoms with Crippen molar-refractivity contribution in [2.24, 2.45) is 17.8 Å². The lowest BCUT2D eigenvalue weighted by Crippen LogP contribution is -2.13. The number of ether oxygens (including phenoxy) is 2. The lowest BCUT2D eigenvalue weighted by molar-refractivity contribution is -0.384. The van der Waals surface area contributed by atoms with Gasteiger partial charge in [-0.15, -0.1) is 0 Å². The van der Waals surface area contributed by atoms with Crippen LogP contribution in [0.15, 0.2) is 36.4 Å². The molecule has 0 spiro atoms. The highest BCUT2D eigenvalue weighted by atomic mass is 16.7. The Bertz CT molecular complexity index is 594. The van der Waals surface area contributed by atoms with Crippen LogP contribution in [0.5, 0.6) is 5.75 Å². The van der Waals surface area contributed by atoms with Gasteiger partial charge in [0.25, 0.3) is 5.69 Å². The SMILES string of the molecule is O=C(OC[C@H]1[C@@H]2CC/C=C/CC[C@@H]21)Oc1ccc([N+](=O)[O-])cc1. The predicted molar refractivity (Wildman–Crippen MR) is 83.2 cm³/mol. The molecule has 6 nitrogen and oxygen atoms in total. The topological polar surface area (TPSA) is 78.7 Å². The molecule has 1 aromatic rings. The number of nitrogens with zero attached hydrogens (tertiary/aromatic N) is 1. The van der Waals surface area contributed by atoms with E-state index < -0.39 is 11.1 Å². The number of nitro benzene ring substituents is 1. The zero-order chi connectivity index (χ0) is 16.2. The van der Waals surface area contributed by atoms with E-state index in [1.165, 1.54) is 24.3 Å². The minimum absolute atomic E-state index is 0.0477. The van der Waals surface area contributed by atoms with Gasteiger partial charge in [0.1, 0.15) is 5.75 Å². The summed E-state index contributed by atoms with van der Waals surface area (Å²) in [7, 11) is 0. The number of allylic oxidation sites excluding steroid dienone is 2. The molecule has 122 valence electrons. The summed E-state index contributed by atoms with van der Waals surface area (Å²) in [4.78, 5) is 21.8. The second-order valence-electron chi connectivity index (χ2n) is 6.03. The van der Waals surface area contributed by atoms with Gasteiger partial charge in [-0.05, 0) is 55.6 Å². The average molecular weight is 317 g/mol. The Kier molecular flexibility index (Phi) is 4.60. The number of carbonyl (C=O) groups is 1. The van der Waals surface area contributed by atoms with Gasteiger partial charge in [0.05, 0.1) is 11.5 Å². The summed E-state index contributed by atoms with van der Waals surface area (Å²) >= 11 is 0. The Morgan fingerprint density at radius 3 is 2.30 bits per heavy atom. The third-order valence-electron chi connectivity index (χ3n) is 4.65. The summed E-state index contributed by atoms with van der Waals surface area (Å²) in [5, 5.41) is 10.6. The summed E-state index contributed by atoms with van der Waals surface area (Å²) in [6.07, 6.45) is 8.23. The highest BCUT2D eigenvalue weighted by Crippen LogP contribution is 2.52. The molecule has 0 saturated heterocycles. The largest absolute Gasteiger partial charge is 0.513 e. The zero-order valence-electron chi connectivity index (χ0n) is 12.7. The molecule has 23 heavy (non-hydrogen) atoms. The maximum atomic E-state index is 11.7. The van der Waals surface area contributed by atoms with Crippen LogP contribution in [0.2, 0.25) is 0 Å². The molecule has 6 heteroatoms. The second kappa shape index (κ2) is 6.81. The zero-order valence-corrected chi connectivity index (χ0v) is 12.7. The Hall–Kier alpha value is -2.37. The molecule has 3 rings (SSSR count). The van der Waals surface area contributed by atoms with Crippen LogP contribution in [0.3, 0.4) is 0 Å². The van der Waals surface area contributed by atoms with E-state index >= 15 is 0 Å². The molecule has 2 aliphatic carbocycles. The number of hydrogen-bond donors (Lipinski definition) is 0. The third-order valence-corrected chi connectivity index (χ3v) is 4.65. The number of carbonyl (C=O) groups excluding carboxylic acids is 1. The van der Waals surface area contributed by atoms with Crippen molar-refractivity contribution in [3.05, 3.63) is 46.5 Å². The second-order valence-corrected chi connectivity index (χ2v) is 6.03. The maximum Gasteiger partial charge on any atom is 0.513 e. The molecule has 0 aliphatic heterocycles. The van der Waals surface area contributed by atoms with Crippen LogP contribution in [0.1, 0.15) is 25.7 Å². The van der Waals surface area contributed by atoms with Crippen molar-refractivity contribution >= 4 is 11.8 Å². The van der Waals surface area contributed by atoms with Crippen molar-refractivity contribution in [2.75, 3.05) is 6.61 Å². The molecule has 0 heterocycles. The van der Waals surface area contributed by atoms with E-state index in [9.17, 15) is 14.9 Å².